The molecule has 2 aromatic heterocycles. The van der Waals surface area contributed by atoms with E-state index in [1.165, 1.54) is 12.3 Å². The first kappa shape index (κ1) is 19.0. The Balaban J connectivity index is 1.60. The van der Waals surface area contributed by atoms with Gasteiger partial charge in [-0.25, -0.2) is 9.78 Å². The second kappa shape index (κ2) is 6.79. The van der Waals surface area contributed by atoms with Gasteiger partial charge in [0.15, 0.2) is 0 Å². The fraction of sp³-hybridized carbons (Fsp3) is 0.286. The normalized spacial score (nSPS) is 22.0. The molecule has 1 fully saturated rings. The molecule has 0 unspecified atom stereocenters. The Morgan fingerprint density at radius 3 is 2.74 bits per heavy atom. The highest BCUT2D eigenvalue weighted by Gasteiger charge is 2.60. The number of aromatic amines is 1. The Bertz CT molecular complexity index is 1320. The van der Waals surface area contributed by atoms with Crippen molar-refractivity contribution in [3.8, 4) is 0 Å². The van der Waals surface area contributed by atoms with E-state index in [2.05, 4.69) is 15.3 Å². The lowest BCUT2D eigenvalue weighted by Crippen LogP contribution is -2.45. The summed E-state index contributed by atoms with van der Waals surface area (Å²) in [5, 5.41) is 2.96. The second-order valence-electron chi connectivity index (χ2n) is 7.85. The molecule has 3 aromatic rings. The van der Waals surface area contributed by atoms with Gasteiger partial charge in [0, 0.05) is 43.9 Å². The average molecular weight is 420 g/mol. The van der Waals surface area contributed by atoms with Crippen LogP contribution in [-0.4, -0.2) is 42.4 Å². The van der Waals surface area contributed by atoms with Crippen molar-refractivity contribution in [3.05, 3.63) is 81.1 Å². The summed E-state index contributed by atoms with van der Waals surface area (Å²) in [7, 11) is 1.82. The lowest BCUT2D eigenvalue weighted by Gasteiger charge is -2.33. The van der Waals surface area contributed by atoms with Crippen LogP contribution in [0.3, 0.4) is 0 Å². The minimum atomic E-state index is -0.971. The Labute approximate surface area is 176 Å². The minimum Gasteiger partial charge on any atom is -0.336 e. The van der Waals surface area contributed by atoms with Gasteiger partial charge in [-0.3, -0.25) is 23.9 Å². The Morgan fingerprint density at radius 2 is 2.00 bits per heavy atom. The number of carbonyl (C=O) groups is 2. The van der Waals surface area contributed by atoms with Crippen LogP contribution in [0.1, 0.15) is 23.9 Å². The molecular weight excluding hydrogens is 400 g/mol. The largest absolute Gasteiger partial charge is 0.336 e. The summed E-state index contributed by atoms with van der Waals surface area (Å²) in [6.45, 7) is 0.0755. The van der Waals surface area contributed by atoms with Gasteiger partial charge in [0.2, 0.25) is 11.8 Å². The van der Waals surface area contributed by atoms with Crippen LogP contribution in [-0.2, 0) is 28.6 Å². The number of anilines is 1. The van der Waals surface area contributed by atoms with E-state index in [0.29, 0.717) is 18.8 Å². The number of para-hydroxylation sites is 1. The number of carbonyl (C=O) groups excluding carboxylic acids is 2. The van der Waals surface area contributed by atoms with Crippen molar-refractivity contribution in [3.63, 3.8) is 0 Å². The lowest BCUT2D eigenvalue weighted by molar-refractivity contribution is -0.134. The number of imidazole rings is 1. The molecule has 2 amide bonds. The molecule has 0 aliphatic carbocycles. The van der Waals surface area contributed by atoms with Crippen LogP contribution in [0.15, 0.2) is 58.5 Å². The quantitative estimate of drug-likeness (QED) is 0.624. The molecule has 2 N–H and O–H groups in total. The zero-order valence-corrected chi connectivity index (χ0v) is 16.7. The maximum atomic E-state index is 13.3. The number of benzene rings is 1. The van der Waals surface area contributed by atoms with Gasteiger partial charge in [-0.2, -0.15) is 0 Å². The first-order valence-corrected chi connectivity index (χ1v) is 9.89. The van der Waals surface area contributed by atoms with Gasteiger partial charge in [-0.05, 0) is 18.1 Å². The molecule has 4 heterocycles. The molecule has 1 spiro atoms. The van der Waals surface area contributed by atoms with Crippen LogP contribution in [0.25, 0.3) is 0 Å². The van der Waals surface area contributed by atoms with E-state index in [4.69, 9.17) is 0 Å². The van der Waals surface area contributed by atoms with Crippen molar-refractivity contribution in [2.45, 2.75) is 24.4 Å². The van der Waals surface area contributed by atoms with Crippen molar-refractivity contribution >= 4 is 17.5 Å². The summed E-state index contributed by atoms with van der Waals surface area (Å²) in [5.74, 6) is 0.0842. The van der Waals surface area contributed by atoms with E-state index in [1.54, 1.807) is 21.9 Å². The zero-order chi connectivity index (χ0) is 21.8. The second-order valence-corrected chi connectivity index (χ2v) is 7.85. The van der Waals surface area contributed by atoms with Crippen LogP contribution >= 0.6 is 0 Å². The molecule has 2 atom stereocenters. The highest BCUT2D eigenvalue weighted by Crippen LogP contribution is 2.54. The van der Waals surface area contributed by atoms with Crippen molar-refractivity contribution in [1.29, 1.82) is 0 Å². The zero-order valence-electron chi connectivity index (χ0n) is 16.7. The molecule has 2 aliphatic rings. The van der Waals surface area contributed by atoms with E-state index in [1.807, 2.05) is 31.3 Å². The van der Waals surface area contributed by atoms with Crippen LogP contribution in [0, 0.1) is 0 Å². The van der Waals surface area contributed by atoms with Crippen molar-refractivity contribution in [2.24, 2.45) is 7.05 Å². The number of nitrogens with one attached hydrogen (secondary N) is 2. The Kier molecular flexibility index (Phi) is 4.17. The molecule has 0 radical (unpaired) electrons. The Hall–Kier alpha value is -3.95. The monoisotopic (exact) mass is 420 g/mol. The fourth-order valence-corrected chi connectivity index (χ4v) is 4.76. The SMILES string of the molecule is Cn1ccnc1[C@@H]1N(C(=O)Cn2ccc(=O)[nH]c2=O)CC[C@]12C(=O)Nc1ccccc12. The molecule has 0 saturated carbocycles. The standard InChI is InChI=1S/C21H20N6O4/c1-25-11-8-22-18(25)17-21(13-4-2-3-5-14(13)23-19(21)30)7-10-27(17)16(29)12-26-9-6-15(28)24-20(26)31/h2-6,8-9,11,17H,7,10,12H2,1H3,(H,23,30)(H,24,28,31)/t17-,21+/m0/s1. The third-order valence-electron chi connectivity index (χ3n) is 6.21. The number of amides is 2. The summed E-state index contributed by atoms with van der Waals surface area (Å²) in [4.78, 5) is 58.3. The van der Waals surface area contributed by atoms with Gasteiger partial charge in [0.25, 0.3) is 5.56 Å². The van der Waals surface area contributed by atoms with Gasteiger partial charge in [-0.15, -0.1) is 0 Å². The molecule has 0 bridgehead atoms. The van der Waals surface area contributed by atoms with Crippen LogP contribution in [0.2, 0.25) is 0 Å². The van der Waals surface area contributed by atoms with Crippen LogP contribution in [0.5, 0.6) is 0 Å². The highest BCUT2D eigenvalue weighted by atomic mass is 16.2. The van der Waals surface area contributed by atoms with Gasteiger partial charge < -0.3 is 14.8 Å². The molecule has 5 rings (SSSR count). The van der Waals surface area contributed by atoms with Gasteiger partial charge in [-0.1, -0.05) is 18.2 Å². The fourth-order valence-electron chi connectivity index (χ4n) is 4.76. The molecule has 1 aromatic carbocycles. The van der Waals surface area contributed by atoms with Crippen molar-refractivity contribution < 1.29 is 9.59 Å². The van der Waals surface area contributed by atoms with Crippen LogP contribution < -0.4 is 16.6 Å². The van der Waals surface area contributed by atoms with Crippen molar-refractivity contribution in [2.75, 3.05) is 11.9 Å². The van der Waals surface area contributed by atoms with E-state index in [-0.39, 0.29) is 18.4 Å². The van der Waals surface area contributed by atoms with Gasteiger partial charge >= 0.3 is 5.69 Å². The Morgan fingerprint density at radius 1 is 1.19 bits per heavy atom. The van der Waals surface area contributed by atoms with E-state index < -0.39 is 22.7 Å². The number of aromatic nitrogens is 4. The number of hydrogen-bond donors (Lipinski definition) is 2. The minimum absolute atomic E-state index is 0.168. The number of fused-ring (bicyclic) bond motifs is 2. The predicted octanol–water partition coefficient (Wildman–Crippen LogP) is 0.134. The summed E-state index contributed by atoms with van der Waals surface area (Å²) in [5.41, 5.74) is -0.588. The third-order valence-corrected chi connectivity index (χ3v) is 6.21. The highest BCUT2D eigenvalue weighted by molar-refractivity contribution is 6.07. The summed E-state index contributed by atoms with van der Waals surface area (Å²) < 4.78 is 2.95. The smallest absolute Gasteiger partial charge is 0.328 e. The number of H-pyrrole nitrogens is 1. The van der Waals surface area contributed by atoms with E-state index in [9.17, 15) is 19.2 Å². The number of aryl methyl sites for hydroxylation is 1. The number of likely N-dealkylation sites (tertiary alicyclic amines) is 1. The molecule has 10 nitrogen and oxygen atoms in total. The van der Waals surface area contributed by atoms with E-state index in [0.717, 1.165) is 15.8 Å². The number of nitrogens with zero attached hydrogens (tertiary/aromatic N) is 4. The maximum Gasteiger partial charge on any atom is 0.328 e. The average Bonchev–Trinajstić information content (AvgIpc) is 3.41. The van der Waals surface area contributed by atoms with Crippen LogP contribution in [0.4, 0.5) is 5.69 Å². The molecule has 2 aliphatic heterocycles. The molecule has 1 saturated heterocycles. The first-order valence-electron chi connectivity index (χ1n) is 9.89. The summed E-state index contributed by atoms with van der Waals surface area (Å²) in [6.07, 6.45) is 5.13. The predicted molar refractivity (Wildman–Crippen MR) is 110 cm³/mol. The maximum absolute atomic E-state index is 13.3. The third kappa shape index (κ3) is 2.75. The molecule has 31 heavy (non-hydrogen) atoms. The number of hydrogen-bond acceptors (Lipinski definition) is 5. The number of rotatable bonds is 3. The molecular formula is C21H20N6O4. The van der Waals surface area contributed by atoms with Crippen molar-refractivity contribution in [1.82, 2.24) is 24.0 Å². The molecule has 10 heteroatoms. The first-order chi connectivity index (χ1) is 14.9. The van der Waals surface area contributed by atoms with Gasteiger partial charge in [0.05, 0.1) is 0 Å². The van der Waals surface area contributed by atoms with Gasteiger partial charge in [0.1, 0.15) is 23.8 Å². The molecule has 158 valence electrons. The lowest BCUT2D eigenvalue weighted by atomic mass is 9.74. The van der Waals surface area contributed by atoms with E-state index >= 15 is 0 Å². The summed E-state index contributed by atoms with van der Waals surface area (Å²) >= 11 is 0. The topological polar surface area (TPSA) is 122 Å². The summed E-state index contributed by atoms with van der Waals surface area (Å²) in [6, 6.07) is 8.04.